The van der Waals surface area contributed by atoms with Crippen molar-refractivity contribution in [1.82, 2.24) is 15.1 Å². The Balaban J connectivity index is 2.70. The Morgan fingerprint density at radius 3 is 2.60 bits per heavy atom. The van der Waals surface area contributed by atoms with Crippen LogP contribution in [0.15, 0.2) is 6.07 Å². The molecule has 0 saturated heterocycles. The van der Waals surface area contributed by atoms with E-state index in [1.54, 1.807) is 14.0 Å². The molecule has 8 nitrogen and oxygen atoms in total. The van der Waals surface area contributed by atoms with Gasteiger partial charge in [0.1, 0.15) is 5.69 Å². The molecule has 1 aromatic heterocycles. The number of carbonyl (C=O) groups excluding carboxylic acids is 2. The maximum Gasteiger partial charge on any atom is 0.356 e. The number of amides is 1. The van der Waals surface area contributed by atoms with Crippen LogP contribution in [0, 0.1) is 0 Å². The predicted octanol–water partition coefficient (Wildman–Crippen LogP) is 0.277. The van der Waals surface area contributed by atoms with Gasteiger partial charge in [-0.15, -0.1) is 0 Å². The van der Waals surface area contributed by atoms with Crippen molar-refractivity contribution in [2.24, 2.45) is 0 Å². The zero-order valence-electron chi connectivity index (χ0n) is 12.0. The summed E-state index contributed by atoms with van der Waals surface area (Å²) in [7, 11) is 4.56. The summed E-state index contributed by atoms with van der Waals surface area (Å²) in [4.78, 5) is 24.9. The summed E-state index contributed by atoms with van der Waals surface area (Å²) in [5.41, 5.74) is 0.264. The molecule has 8 heteroatoms. The van der Waals surface area contributed by atoms with Gasteiger partial charge in [-0.3, -0.25) is 9.89 Å². The van der Waals surface area contributed by atoms with Crippen molar-refractivity contribution in [3.63, 3.8) is 0 Å². The van der Waals surface area contributed by atoms with Crippen LogP contribution in [0.4, 0.5) is 0 Å². The Kier molecular flexibility index (Phi) is 6.13. The average molecular weight is 285 g/mol. The monoisotopic (exact) mass is 285 g/mol. The topological polar surface area (TPSA) is 93.8 Å². The summed E-state index contributed by atoms with van der Waals surface area (Å²) in [5, 5.41) is 6.27. The molecule has 1 N–H and O–H groups in total. The Morgan fingerprint density at radius 1 is 1.40 bits per heavy atom. The lowest BCUT2D eigenvalue weighted by Crippen LogP contribution is -2.36. The van der Waals surface area contributed by atoms with Gasteiger partial charge in [0.2, 0.25) is 0 Å². The molecule has 0 unspecified atom stereocenters. The van der Waals surface area contributed by atoms with E-state index in [1.165, 1.54) is 25.2 Å². The van der Waals surface area contributed by atoms with Crippen molar-refractivity contribution in [1.29, 1.82) is 0 Å². The third kappa shape index (κ3) is 4.04. The summed E-state index contributed by atoms with van der Waals surface area (Å²) >= 11 is 0. The molecule has 1 rings (SSSR count). The summed E-state index contributed by atoms with van der Waals surface area (Å²) in [6.07, 6.45) is -0.521. The highest BCUT2D eigenvalue weighted by Crippen LogP contribution is 2.06. The van der Waals surface area contributed by atoms with E-state index in [4.69, 9.17) is 14.2 Å². The maximum atomic E-state index is 12.1. The number of carbonyl (C=O) groups is 2. The number of hydrogen-bond donors (Lipinski definition) is 1. The number of nitrogens with one attached hydrogen (secondary N) is 1. The number of aromatic amines is 1. The lowest BCUT2D eigenvalue weighted by atomic mass is 10.3. The van der Waals surface area contributed by atoms with Crippen LogP contribution in [-0.4, -0.2) is 67.7 Å². The van der Waals surface area contributed by atoms with Crippen LogP contribution in [-0.2, 0) is 14.2 Å². The average Bonchev–Trinajstić information content (AvgIpc) is 2.93. The number of ether oxygens (including phenoxy) is 3. The van der Waals surface area contributed by atoms with Gasteiger partial charge in [0.25, 0.3) is 5.91 Å². The second-order valence-electron chi connectivity index (χ2n) is 3.97. The number of hydrogen-bond acceptors (Lipinski definition) is 6. The molecular weight excluding hydrogens is 266 g/mol. The third-order valence-corrected chi connectivity index (χ3v) is 2.59. The van der Waals surface area contributed by atoms with E-state index in [1.807, 2.05) is 0 Å². The lowest BCUT2D eigenvalue weighted by Gasteiger charge is -2.21. The lowest BCUT2D eigenvalue weighted by molar-refractivity contribution is -0.110. The molecule has 0 bridgehead atoms. The number of aromatic nitrogens is 2. The van der Waals surface area contributed by atoms with Gasteiger partial charge in [-0.05, 0) is 6.92 Å². The van der Waals surface area contributed by atoms with Crippen LogP contribution >= 0.6 is 0 Å². The second-order valence-corrected chi connectivity index (χ2v) is 3.97. The Labute approximate surface area is 117 Å². The van der Waals surface area contributed by atoms with Gasteiger partial charge in [-0.25, -0.2) is 4.79 Å². The van der Waals surface area contributed by atoms with E-state index in [9.17, 15) is 9.59 Å². The third-order valence-electron chi connectivity index (χ3n) is 2.59. The van der Waals surface area contributed by atoms with E-state index in [0.29, 0.717) is 0 Å². The van der Waals surface area contributed by atoms with Crippen LogP contribution in [0.3, 0.4) is 0 Å². The number of methoxy groups -OCH3 is 2. The van der Waals surface area contributed by atoms with Gasteiger partial charge in [0.15, 0.2) is 12.0 Å². The van der Waals surface area contributed by atoms with Gasteiger partial charge in [-0.2, -0.15) is 5.10 Å². The molecule has 0 aliphatic heterocycles. The molecule has 112 valence electrons. The minimum absolute atomic E-state index is 0.126. The van der Waals surface area contributed by atoms with E-state index in [-0.39, 0.29) is 30.4 Å². The highest BCUT2D eigenvalue weighted by atomic mass is 16.7. The fourth-order valence-electron chi connectivity index (χ4n) is 1.49. The highest BCUT2D eigenvalue weighted by molar-refractivity contribution is 5.95. The van der Waals surface area contributed by atoms with Crippen LogP contribution in [0.5, 0.6) is 0 Å². The minimum atomic E-state index is -0.548. The van der Waals surface area contributed by atoms with Gasteiger partial charge >= 0.3 is 5.97 Å². The molecule has 1 heterocycles. The number of rotatable bonds is 7. The number of H-pyrrole nitrogens is 1. The number of likely N-dealkylation sites (N-methyl/N-ethyl adjacent to an activating group) is 1. The zero-order valence-corrected chi connectivity index (χ0v) is 12.0. The summed E-state index contributed by atoms with van der Waals surface area (Å²) < 4.78 is 14.8. The highest BCUT2D eigenvalue weighted by Gasteiger charge is 2.20. The van der Waals surface area contributed by atoms with E-state index < -0.39 is 12.3 Å². The van der Waals surface area contributed by atoms with Crippen LogP contribution in [0.25, 0.3) is 0 Å². The Hall–Kier alpha value is -1.93. The molecule has 0 spiro atoms. The molecule has 0 saturated carbocycles. The summed E-state index contributed by atoms with van der Waals surface area (Å²) in [6.45, 7) is 2.20. The van der Waals surface area contributed by atoms with Crippen molar-refractivity contribution >= 4 is 11.9 Å². The summed E-state index contributed by atoms with van der Waals surface area (Å²) in [5.74, 6) is -0.899. The van der Waals surface area contributed by atoms with Crippen molar-refractivity contribution < 1.29 is 23.8 Å². The summed E-state index contributed by atoms with van der Waals surface area (Å²) in [6, 6.07) is 1.35. The van der Waals surface area contributed by atoms with Crippen molar-refractivity contribution in [3.05, 3.63) is 17.5 Å². The number of nitrogens with zero attached hydrogens (tertiary/aromatic N) is 2. The minimum Gasteiger partial charge on any atom is -0.461 e. The first-order valence-corrected chi connectivity index (χ1v) is 6.07. The first-order chi connectivity index (χ1) is 9.53. The smallest absolute Gasteiger partial charge is 0.356 e. The molecule has 0 aliphatic carbocycles. The van der Waals surface area contributed by atoms with Gasteiger partial charge < -0.3 is 19.1 Å². The fourth-order valence-corrected chi connectivity index (χ4v) is 1.49. The van der Waals surface area contributed by atoms with Crippen molar-refractivity contribution in [2.45, 2.75) is 13.2 Å². The molecule has 0 aromatic carbocycles. The van der Waals surface area contributed by atoms with Gasteiger partial charge in [0, 0.05) is 27.3 Å². The molecule has 1 amide bonds. The van der Waals surface area contributed by atoms with Crippen LogP contribution in [0.1, 0.15) is 27.9 Å². The molecule has 20 heavy (non-hydrogen) atoms. The van der Waals surface area contributed by atoms with Crippen molar-refractivity contribution in [2.75, 3.05) is 34.4 Å². The van der Waals surface area contributed by atoms with Gasteiger partial charge in [0.05, 0.1) is 13.2 Å². The molecule has 0 fully saturated rings. The fraction of sp³-hybridized carbons (Fsp3) is 0.583. The second kappa shape index (κ2) is 7.61. The van der Waals surface area contributed by atoms with Crippen LogP contribution < -0.4 is 0 Å². The SMILES string of the molecule is CCOC(=O)c1cc(C(=O)N(C)CC(OC)OC)n[nH]1. The molecule has 1 aromatic rings. The number of esters is 1. The first kappa shape index (κ1) is 16.1. The van der Waals surface area contributed by atoms with Crippen LogP contribution in [0.2, 0.25) is 0 Å². The standard InChI is InChI=1S/C12H19N3O5/c1-5-20-12(17)9-6-8(13-14-9)11(16)15(2)7-10(18-3)19-4/h6,10H,5,7H2,1-4H3,(H,13,14). The predicted molar refractivity (Wildman–Crippen MR) is 69.3 cm³/mol. The van der Waals surface area contributed by atoms with E-state index in [0.717, 1.165) is 0 Å². The zero-order chi connectivity index (χ0) is 15.1. The van der Waals surface area contributed by atoms with E-state index >= 15 is 0 Å². The van der Waals surface area contributed by atoms with Crippen molar-refractivity contribution in [3.8, 4) is 0 Å². The first-order valence-electron chi connectivity index (χ1n) is 6.07. The van der Waals surface area contributed by atoms with Gasteiger partial charge in [-0.1, -0.05) is 0 Å². The quantitative estimate of drug-likeness (QED) is 0.571. The molecular formula is C12H19N3O5. The largest absolute Gasteiger partial charge is 0.461 e. The molecule has 0 atom stereocenters. The Morgan fingerprint density at radius 2 is 2.05 bits per heavy atom. The normalized spacial score (nSPS) is 10.7. The van der Waals surface area contributed by atoms with E-state index in [2.05, 4.69) is 10.2 Å². The molecule has 0 aliphatic rings. The maximum absolute atomic E-state index is 12.1. The Bertz CT molecular complexity index is 456. The molecule has 0 radical (unpaired) electrons.